The predicted octanol–water partition coefficient (Wildman–Crippen LogP) is 3.10. The zero-order valence-corrected chi connectivity index (χ0v) is 9.97. The Labute approximate surface area is 104 Å². The maximum atomic E-state index is 12.5. The second-order valence-electron chi connectivity index (χ2n) is 4.24. The van der Waals surface area contributed by atoms with E-state index in [1.807, 2.05) is 31.2 Å². The van der Waals surface area contributed by atoms with E-state index >= 15 is 0 Å². The third kappa shape index (κ3) is 1.61. The maximum Gasteiger partial charge on any atom is 0.196 e. The lowest BCUT2D eigenvalue weighted by atomic mass is 10.0. The average Bonchev–Trinajstić information content (AvgIpc) is 2.75. The number of aromatic amines is 1. The second-order valence-corrected chi connectivity index (χ2v) is 4.24. The van der Waals surface area contributed by atoms with Crippen LogP contribution in [0.25, 0.3) is 10.9 Å². The third-order valence-corrected chi connectivity index (χ3v) is 3.04. The summed E-state index contributed by atoms with van der Waals surface area (Å²) in [4.78, 5) is 19.7. The molecule has 0 atom stereocenters. The zero-order valence-electron chi connectivity index (χ0n) is 9.97. The number of aryl methyl sites for hydroxylation is 1. The van der Waals surface area contributed by atoms with E-state index in [-0.39, 0.29) is 5.78 Å². The van der Waals surface area contributed by atoms with Gasteiger partial charge < -0.3 is 4.98 Å². The van der Waals surface area contributed by atoms with Crippen LogP contribution in [-0.2, 0) is 0 Å². The lowest BCUT2D eigenvalue weighted by Crippen LogP contribution is -2.02. The number of benzene rings is 1. The summed E-state index contributed by atoms with van der Waals surface area (Å²) in [6.07, 6.45) is 3.27. The Kier molecular flexibility index (Phi) is 2.45. The molecule has 0 unspecified atom stereocenters. The molecule has 0 spiro atoms. The minimum Gasteiger partial charge on any atom is -0.358 e. The SMILES string of the molecule is Cc1[nH]c2ccccc2c1C(=O)c1cccnc1. The summed E-state index contributed by atoms with van der Waals surface area (Å²) in [7, 11) is 0. The first-order valence-electron chi connectivity index (χ1n) is 5.79. The molecule has 3 heteroatoms. The molecule has 0 saturated carbocycles. The number of ketones is 1. The number of nitrogens with zero attached hydrogens (tertiary/aromatic N) is 1. The third-order valence-electron chi connectivity index (χ3n) is 3.04. The fourth-order valence-corrected chi connectivity index (χ4v) is 2.21. The molecular weight excluding hydrogens is 224 g/mol. The standard InChI is InChI=1S/C15H12N2O/c1-10-14(12-6-2-3-7-13(12)17-10)15(18)11-5-4-8-16-9-11/h2-9,17H,1H3. The molecule has 3 nitrogen and oxygen atoms in total. The van der Waals surface area contributed by atoms with E-state index < -0.39 is 0 Å². The second kappa shape index (κ2) is 4.11. The van der Waals surface area contributed by atoms with Gasteiger partial charge in [0.25, 0.3) is 0 Å². The minimum atomic E-state index is 0.0121. The van der Waals surface area contributed by atoms with Crippen LogP contribution in [0.2, 0.25) is 0 Å². The van der Waals surface area contributed by atoms with Crippen molar-refractivity contribution in [3.63, 3.8) is 0 Å². The molecule has 0 aliphatic carbocycles. The minimum absolute atomic E-state index is 0.0121. The highest BCUT2D eigenvalue weighted by Crippen LogP contribution is 2.24. The van der Waals surface area contributed by atoms with Crippen molar-refractivity contribution in [2.24, 2.45) is 0 Å². The summed E-state index contributed by atoms with van der Waals surface area (Å²) in [6, 6.07) is 11.4. The van der Waals surface area contributed by atoms with Crippen LogP contribution >= 0.6 is 0 Å². The molecule has 0 saturated heterocycles. The normalized spacial score (nSPS) is 10.7. The average molecular weight is 236 g/mol. The van der Waals surface area contributed by atoms with Crippen molar-refractivity contribution in [2.75, 3.05) is 0 Å². The van der Waals surface area contributed by atoms with Gasteiger partial charge in [0.2, 0.25) is 0 Å². The van der Waals surface area contributed by atoms with Crippen LogP contribution in [0.3, 0.4) is 0 Å². The van der Waals surface area contributed by atoms with E-state index in [4.69, 9.17) is 0 Å². The Balaban J connectivity index is 2.21. The highest BCUT2D eigenvalue weighted by molar-refractivity contribution is 6.17. The van der Waals surface area contributed by atoms with Crippen molar-refractivity contribution in [1.82, 2.24) is 9.97 Å². The number of H-pyrrole nitrogens is 1. The van der Waals surface area contributed by atoms with Gasteiger partial charge in [-0.25, -0.2) is 0 Å². The summed E-state index contributed by atoms with van der Waals surface area (Å²) >= 11 is 0. The van der Waals surface area contributed by atoms with Crippen molar-refractivity contribution in [3.05, 3.63) is 65.6 Å². The molecule has 0 radical (unpaired) electrons. The van der Waals surface area contributed by atoms with Crippen molar-refractivity contribution in [1.29, 1.82) is 0 Å². The molecular formula is C15H12N2O. The van der Waals surface area contributed by atoms with Crippen molar-refractivity contribution in [2.45, 2.75) is 6.92 Å². The smallest absolute Gasteiger partial charge is 0.196 e. The first kappa shape index (κ1) is 10.7. The van der Waals surface area contributed by atoms with E-state index in [0.717, 1.165) is 22.2 Å². The van der Waals surface area contributed by atoms with Crippen molar-refractivity contribution < 1.29 is 4.79 Å². The number of nitrogens with one attached hydrogen (secondary N) is 1. The van der Waals surface area contributed by atoms with E-state index in [9.17, 15) is 4.79 Å². The number of carbonyl (C=O) groups excluding carboxylic acids is 1. The van der Waals surface area contributed by atoms with Crippen molar-refractivity contribution in [3.8, 4) is 0 Å². The Bertz CT molecular complexity index is 714. The van der Waals surface area contributed by atoms with Crippen LogP contribution in [0.1, 0.15) is 21.6 Å². The van der Waals surface area contributed by atoms with E-state index in [1.165, 1.54) is 0 Å². The predicted molar refractivity (Wildman–Crippen MR) is 70.7 cm³/mol. The van der Waals surface area contributed by atoms with E-state index in [1.54, 1.807) is 24.5 Å². The summed E-state index contributed by atoms with van der Waals surface area (Å²) in [6.45, 7) is 1.92. The first-order valence-corrected chi connectivity index (χ1v) is 5.79. The van der Waals surface area contributed by atoms with Gasteiger partial charge in [-0.3, -0.25) is 9.78 Å². The van der Waals surface area contributed by atoms with Gasteiger partial charge >= 0.3 is 0 Å². The first-order chi connectivity index (χ1) is 8.77. The van der Waals surface area contributed by atoms with Gasteiger partial charge in [0.15, 0.2) is 5.78 Å². The van der Waals surface area contributed by atoms with Crippen LogP contribution in [0.15, 0.2) is 48.8 Å². The highest BCUT2D eigenvalue weighted by Gasteiger charge is 2.17. The van der Waals surface area contributed by atoms with Gasteiger partial charge in [-0.15, -0.1) is 0 Å². The highest BCUT2D eigenvalue weighted by atomic mass is 16.1. The largest absolute Gasteiger partial charge is 0.358 e. The van der Waals surface area contributed by atoms with Gasteiger partial charge in [-0.1, -0.05) is 18.2 Å². The lowest BCUT2D eigenvalue weighted by Gasteiger charge is -2.00. The summed E-state index contributed by atoms with van der Waals surface area (Å²) < 4.78 is 0. The topological polar surface area (TPSA) is 45.8 Å². The number of para-hydroxylation sites is 1. The Morgan fingerprint density at radius 3 is 2.78 bits per heavy atom. The Morgan fingerprint density at radius 2 is 2.00 bits per heavy atom. The van der Waals surface area contributed by atoms with Crippen LogP contribution in [-0.4, -0.2) is 15.8 Å². The Morgan fingerprint density at radius 1 is 1.17 bits per heavy atom. The molecule has 0 bridgehead atoms. The number of pyridine rings is 1. The number of aromatic nitrogens is 2. The molecule has 3 aromatic rings. The molecule has 2 aromatic heterocycles. The Hall–Kier alpha value is -2.42. The van der Waals surface area contributed by atoms with Gasteiger partial charge in [0.05, 0.1) is 5.56 Å². The number of rotatable bonds is 2. The quantitative estimate of drug-likeness (QED) is 0.695. The molecule has 18 heavy (non-hydrogen) atoms. The number of fused-ring (bicyclic) bond motifs is 1. The maximum absolute atomic E-state index is 12.5. The molecule has 0 aliphatic rings. The van der Waals surface area contributed by atoms with E-state index in [2.05, 4.69) is 9.97 Å². The van der Waals surface area contributed by atoms with Crippen LogP contribution in [0.5, 0.6) is 0 Å². The molecule has 0 fully saturated rings. The molecule has 1 N–H and O–H groups in total. The van der Waals surface area contributed by atoms with Crippen LogP contribution in [0, 0.1) is 6.92 Å². The lowest BCUT2D eigenvalue weighted by molar-refractivity contribution is 0.103. The number of carbonyl (C=O) groups is 1. The molecule has 88 valence electrons. The number of hydrogen-bond donors (Lipinski definition) is 1. The van der Waals surface area contributed by atoms with Gasteiger partial charge in [-0.2, -0.15) is 0 Å². The molecule has 0 aliphatic heterocycles. The van der Waals surface area contributed by atoms with Crippen LogP contribution in [0.4, 0.5) is 0 Å². The summed E-state index contributed by atoms with van der Waals surface area (Å²) in [5.41, 5.74) is 3.23. The van der Waals surface area contributed by atoms with Crippen LogP contribution < -0.4 is 0 Å². The fourth-order valence-electron chi connectivity index (χ4n) is 2.21. The van der Waals surface area contributed by atoms with Gasteiger partial charge in [0, 0.05) is 34.6 Å². The number of hydrogen-bond acceptors (Lipinski definition) is 2. The molecule has 2 heterocycles. The van der Waals surface area contributed by atoms with Crippen molar-refractivity contribution >= 4 is 16.7 Å². The van der Waals surface area contributed by atoms with E-state index in [0.29, 0.717) is 5.56 Å². The zero-order chi connectivity index (χ0) is 12.5. The molecule has 1 aromatic carbocycles. The van der Waals surface area contributed by atoms with Gasteiger partial charge in [-0.05, 0) is 25.1 Å². The molecule has 0 amide bonds. The summed E-state index contributed by atoms with van der Waals surface area (Å²) in [5.74, 6) is 0.0121. The molecule has 3 rings (SSSR count). The fraction of sp³-hybridized carbons (Fsp3) is 0.0667. The monoisotopic (exact) mass is 236 g/mol. The van der Waals surface area contributed by atoms with Gasteiger partial charge in [0.1, 0.15) is 0 Å². The summed E-state index contributed by atoms with van der Waals surface area (Å²) in [5, 5.41) is 0.962.